The van der Waals surface area contributed by atoms with E-state index in [2.05, 4.69) is 5.32 Å². The Kier molecular flexibility index (Phi) is 6.89. The molecular formula is C22H29NO5S2. The van der Waals surface area contributed by atoms with Gasteiger partial charge < -0.3 is 10.1 Å². The first-order valence-corrected chi connectivity index (χ1v) is 13.4. The van der Waals surface area contributed by atoms with Crippen molar-refractivity contribution >= 4 is 19.7 Å². The molecule has 0 amide bonds. The van der Waals surface area contributed by atoms with Crippen molar-refractivity contribution in [2.24, 2.45) is 0 Å². The van der Waals surface area contributed by atoms with Crippen LogP contribution < -0.4 is 10.1 Å². The third-order valence-electron chi connectivity index (χ3n) is 5.55. The second-order valence-electron chi connectivity index (χ2n) is 8.04. The van der Waals surface area contributed by atoms with Gasteiger partial charge in [0.1, 0.15) is 5.75 Å². The molecule has 164 valence electrons. The molecule has 0 unspecified atom stereocenters. The number of rotatable bonds is 8. The minimum absolute atomic E-state index is 0.163. The van der Waals surface area contributed by atoms with E-state index in [-0.39, 0.29) is 16.4 Å². The highest BCUT2D eigenvalue weighted by Gasteiger charge is 2.45. The van der Waals surface area contributed by atoms with Gasteiger partial charge >= 0.3 is 0 Å². The van der Waals surface area contributed by atoms with E-state index < -0.39 is 31.0 Å². The molecule has 1 aliphatic heterocycles. The topological polar surface area (TPSA) is 89.5 Å². The van der Waals surface area contributed by atoms with Crippen LogP contribution in [-0.4, -0.2) is 53.3 Å². The second-order valence-corrected chi connectivity index (χ2v) is 12.4. The third-order valence-corrected chi connectivity index (χ3v) is 9.72. The molecular weight excluding hydrogens is 422 g/mol. The van der Waals surface area contributed by atoms with Crippen molar-refractivity contribution in [2.75, 3.05) is 25.2 Å². The Morgan fingerprint density at radius 3 is 2.23 bits per heavy atom. The van der Waals surface area contributed by atoms with E-state index in [9.17, 15) is 16.8 Å². The van der Waals surface area contributed by atoms with Crippen LogP contribution >= 0.6 is 0 Å². The maximum absolute atomic E-state index is 13.2. The largest absolute Gasteiger partial charge is 0.497 e. The average molecular weight is 452 g/mol. The van der Waals surface area contributed by atoms with Crippen LogP contribution in [0.15, 0.2) is 53.4 Å². The van der Waals surface area contributed by atoms with Gasteiger partial charge in [0.05, 0.1) is 28.8 Å². The number of benzene rings is 2. The third kappa shape index (κ3) is 5.22. The lowest BCUT2D eigenvalue weighted by Crippen LogP contribution is -2.44. The molecule has 0 bridgehead atoms. The van der Waals surface area contributed by atoms with Gasteiger partial charge in [0, 0.05) is 6.04 Å². The molecule has 2 aromatic rings. The summed E-state index contributed by atoms with van der Waals surface area (Å²) in [6, 6.07) is 13.8. The van der Waals surface area contributed by atoms with E-state index in [4.69, 9.17) is 4.74 Å². The maximum Gasteiger partial charge on any atom is 0.183 e. The molecule has 6 nitrogen and oxygen atoms in total. The van der Waals surface area contributed by atoms with Crippen LogP contribution in [0.2, 0.25) is 0 Å². The van der Waals surface area contributed by atoms with E-state index in [0.29, 0.717) is 18.9 Å². The van der Waals surface area contributed by atoms with E-state index >= 15 is 0 Å². The molecule has 30 heavy (non-hydrogen) atoms. The molecule has 2 aromatic carbocycles. The normalized spacial score (nSPS) is 21.1. The van der Waals surface area contributed by atoms with Gasteiger partial charge in [-0.25, -0.2) is 16.8 Å². The van der Waals surface area contributed by atoms with Crippen molar-refractivity contribution in [1.82, 2.24) is 5.32 Å². The molecule has 0 spiro atoms. The summed E-state index contributed by atoms with van der Waals surface area (Å²) in [5.74, 6) is 0.551. The molecule has 8 heteroatoms. The Bertz CT molecular complexity index is 1060. The summed E-state index contributed by atoms with van der Waals surface area (Å²) < 4.78 is 56.1. The van der Waals surface area contributed by atoms with E-state index in [1.165, 1.54) is 0 Å². The van der Waals surface area contributed by atoms with Crippen molar-refractivity contribution in [1.29, 1.82) is 0 Å². The lowest BCUT2D eigenvalue weighted by molar-refractivity contribution is 0.414. The lowest BCUT2D eigenvalue weighted by atomic mass is 10.0. The van der Waals surface area contributed by atoms with Crippen LogP contribution in [0.4, 0.5) is 0 Å². The number of sulfone groups is 2. The Labute approximate surface area is 179 Å². The summed E-state index contributed by atoms with van der Waals surface area (Å²) in [5, 5.41) is 2.20. The van der Waals surface area contributed by atoms with Gasteiger partial charge in [-0.15, -0.1) is 0 Å². The summed E-state index contributed by atoms with van der Waals surface area (Å²) in [5.41, 5.74) is 2.11. The van der Waals surface area contributed by atoms with Crippen molar-refractivity contribution in [2.45, 2.75) is 42.4 Å². The fraction of sp³-hybridized carbons (Fsp3) is 0.455. The van der Waals surface area contributed by atoms with Crippen LogP contribution in [0, 0.1) is 0 Å². The quantitative estimate of drug-likeness (QED) is 0.664. The van der Waals surface area contributed by atoms with Crippen LogP contribution in [-0.2, 0) is 26.1 Å². The summed E-state index contributed by atoms with van der Waals surface area (Å²) in [6.45, 7) is 4.57. The van der Waals surface area contributed by atoms with Crippen LogP contribution in [0.3, 0.4) is 0 Å². The molecule has 0 radical (unpaired) electrons. The maximum atomic E-state index is 13.2. The first kappa shape index (κ1) is 22.8. The highest BCUT2D eigenvalue weighted by atomic mass is 32.2. The molecule has 1 fully saturated rings. The molecule has 3 rings (SSSR count). The number of nitrogens with one attached hydrogen (secondary N) is 1. The van der Waals surface area contributed by atoms with Gasteiger partial charge in [0.2, 0.25) is 0 Å². The summed E-state index contributed by atoms with van der Waals surface area (Å²) in [7, 11) is -5.58. The predicted octanol–water partition coefficient (Wildman–Crippen LogP) is 2.59. The summed E-state index contributed by atoms with van der Waals surface area (Å²) in [6.07, 6.45) is 0.663. The molecule has 1 N–H and O–H groups in total. The summed E-state index contributed by atoms with van der Waals surface area (Å²) >= 11 is 0. The lowest BCUT2D eigenvalue weighted by Gasteiger charge is -2.20. The predicted molar refractivity (Wildman–Crippen MR) is 119 cm³/mol. The molecule has 0 saturated carbocycles. The first-order chi connectivity index (χ1) is 14.1. The first-order valence-electron chi connectivity index (χ1n) is 10.0. The standard InChI is InChI=1S/C22H29NO5S2/c1-16(2)18-6-10-20(11-7-18)30(26,27)22-15-29(24,25)14-21(22)23-13-12-17-4-8-19(28-3)9-5-17/h4-11,16,21-23H,12-15H2,1-3H3/t21-,22-/m0/s1. The van der Waals surface area contributed by atoms with E-state index in [0.717, 1.165) is 16.9 Å². The number of methoxy groups -OCH3 is 1. The van der Waals surface area contributed by atoms with Crippen molar-refractivity contribution in [3.05, 3.63) is 59.7 Å². The number of ether oxygens (including phenoxy) is 1. The minimum Gasteiger partial charge on any atom is -0.497 e. The fourth-order valence-corrected chi connectivity index (χ4v) is 8.44. The molecule has 1 aliphatic rings. The smallest absolute Gasteiger partial charge is 0.183 e. The monoisotopic (exact) mass is 451 g/mol. The van der Waals surface area contributed by atoms with Gasteiger partial charge in [0.15, 0.2) is 19.7 Å². The van der Waals surface area contributed by atoms with E-state index in [1.54, 1.807) is 31.4 Å². The Hall–Kier alpha value is -1.90. The van der Waals surface area contributed by atoms with Crippen LogP contribution in [0.1, 0.15) is 30.9 Å². The number of hydrogen-bond donors (Lipinski definition) is 1. The highest BCUT2D eigenvalue weighted by Crippen LogP contribution is 2.27. The number of hydrogen-bond acceptors (Lipinski definition) is 6. The zero-order chi connectivity index (χ0) is 21.9. The van der Waals surface area contributed by atoms with Gasteiger partial charge in [-0.3, -0.25) is 0 Å². The van der Waals surface area contributed by atoms with Gasteiger partial charge in [0.25, 0.3) is 0 Å². The van der Waals surface area contributed by atoms with Crippen molar-refractivity contribution in [3.8, 4) is 5.75 Å². The highest BCUT2D eigenvalue weighted by molar-refractivity contribution is 7.96. The van der Waals surface area contributed by atoms with Gasteiger partial charge in [-0.1, -0.05) is 38.1 Å². The van der Waals surface area contributed by atoms with Crippen LogP contribution in [0.5, 0.6) is 5.75 Å². The summed E-state index contributed by atoms with van der Waals surface area (Å²) in [4.78, 5) is 0.177. The Morgan fingerprint density at radius 2 is 1.67 bits per heavy atom. The van der Waals surface area contributed by atoms with E-state index in [1.807, 2.05) is 38.1 Å². The Morgan fingerprint density at radius 1 is 1.03 bits per heavy atom. The van der Waals surface area contributed by atoms with Crippen molar-refractivity contribution < 1.29 is 21.6 Å². The Balaban J connectivity index is 1.72. The molecule has 0 aliphatic carbocycles. The van der Waals surface area contributed by atoms with Gasteiger partial charge in [-0.05, 0) is 54.3 Å². The SMILES string of the molecule is COc1ccc(CCN[C@H]2CS(=O)(=O)C[C@@H]2S(=O)(=O)c2ccc(C(C)C)cc2)cc1. The van der Waals surface area contributed by atoms with Crippen LogP contribution in [0.25, 0.3) is 0 Å². The van der Waals surface area contributed by atoms with Crippen molar-refractivity contribution in [3.63, 3.8) is 0 Å². The minimum atomic E-state index is -3.76. The molecule has 1 heterocycles. The average Bonchev–Trinajstić information content (AvgIpc) is 3.04. The molecule has 2 atom stereocenters. The zero-order valence-electron chi connectivity index (χ0n) is 17.5. The zero-order valence-corrected chi connectivity index (χ0v) is 19.2. The fourth-order valence-electron chi connectivity index (χ4n) is 3.72. The molecule has 1 saturated heterocycles. The van der Waals surface area contributed by atoms with Gasteiger partial charge in [-0.2, -0.15) is 0 Å². The molecule has 0 aromatic heterocycles. The second kappa shape index (κ2) is 9.08.